The van der Waals surface area contributed by atoms with Gasteiger partial charge in [0.05, 0.1) is 24.7 Å². The molecule has 4 aromatic rings. The Labute approximate surface area is 155 Å². The topological polar surface area (TPSA) is 84.8 Å². The van der Waals surface area contributed by atoms with Gasteiger partial charge in [0.15, 0.2) is 0 Å². The van der Waals surface area contributed by atoms with Gasteiger partial charge in [0.1, 0.15) is 11.6 Å². The molecule has 0 saturated carbocycles. The number of aromatic nitrogens is 4. The number of hydrogen-bond donors (Lipinski definition) is 2. The number of methoxy groups -OCH3 is 1. The number of ether oxygens (including phenoxy) is 1. The van der Waals surface area contributed by atoms with E-state index in [0.29, 0.717) is 6.42 Å². The number of H-pyrrole nitrogens is 1. The van der Waals surface area contributed by atoms with Crippen LogP contribution in [0.3, 0.4) is 0 Å². The van der Waals surface area contributed by atoms with Gasteiger partial charge in [-0.15, -0.1) is 0 Å². The first kappa shape index (κ1) is 15.6. The summed E-state index contributed by atoms with van der Waals surface area (Å²) in [6, 6.07) is 11.8. The first-order chi connectivity index (χ1) is 13.2. The Morgan fingerprint density at radius 1 is 1.22 bits per heavy atom. The van der Waals surface area contributed by atoms with E-state index < -0.39 is 0 Å². The SMILES string of the molecule is COc1ccc(-n2ccnc2C2CC(=O)Nc3cc4[nH]ncc4cc32)cc1. The summed E-state index contributed by atoms with van der Waals surface area (Å²) in [7, 11) is 1.64. The largest absolute Gasteiger partial charge is 0.497 e. The van der Waals surface area contributed by atoms with Gasteiger partial charge in [-0.3, -0.25) is 9.89 Å². The van der Waals surface area contributed by atoms with E-state index in [0.717, 1.165) is 39.4 Å². The van der Waals surface area contributed by atoms with Gasteiger partial charge in [-0.25, -0.2) is 4.98 Å². The third-order valence-electron chi connectivity index (χ3n) is 4.98. The molecule has 0 saturated heterocycles. The number of nitrogens with zero attached hydrogens (tertiary/aromatic N) is 3. The lowest BCUT2D eigenvalue weighted by molar-refractivity contribution is -0.116. The zero-order valence-electron chi connectivity index (χ0n) is 14.6. The molecule has 3 heterocycles. The Morgan fingerprint density at radius 3 is 2.89 bits per heavy atom. The van der Waals surface area contributed by atoms with Crippen LogP contribution < -0.4 is 10.1 Å². The van der Waals surface area contributed by atoms with Crippen molar-refractivity contribution in [3.05, 3.63) is 66.4 Å². The molecule has 1 aliphatic heterocycles. The lowest BCUT2D eigenvalue weighted by atomic mass is 9.89. The number of rotatable bonds is 3. The summed E-state index contributed by atoms with van der Waals surface area (Å²) in [5.74, 6) is 1.48. The van der Waals surface area contributed by atoms with Crippen molar-refractivity contribution in [1.82, 2.24) is 19.7 Å². The first-order valence-corrected chi connectivity index (χ1v) is 8.67. The highest BCUT2D eigenvalue weighted by atomic mass is 16.5. The zero-order valence-corrected chi connectivity index (χ0v) is 14.6. The van der Waals surface area contributed by atoms with Crippen LogP contribution in [0.4, 0.5) is 5.69 Å². The molecule has 1 atom stereocenters. The van der Waals surface area contributed by atoms with Gasteiger partial charge in [0, 0.05) is 35.6 Å². The summed E-state index contributed by atoms with van der Waals surface area (Å²) >= 11 is 0. The van der Waals surface area contributed by atoms with Gasteiger partial charge in [-0.1, -0.05) is 0 Å². The van der Waals surface area contributed by atoms with E-state index >= 15 is 0 Å². The molecule has 0 aliphatic carbocycles. The summed E-state index contributed by atoms with van der Waals surface area (Å²) in [4.78, 5) is 16.9. The normalized spacial score (nSPS) is 16.2. The van der Waals surface area contributed by atoms with Crippen molar-refractivity contribution in [2.75, 3.05) is 12.4 Å². The maximum Gasteiger partial charge on any atom is 0.225 e. The molecule has 27 heavy (non-hydrogen) atoms. The van der Waals surface area contributed by atoms with E-state index in [4.69, 9.17) is 4.74 Å². The average Bonchev–Trinajstić information content (AvgIpc) is 3.35. The molecule has 134 valence electrons. The van der Waals surface area contributed by atoms with Gasteiger partial charge < -0.3 is 14.6 Å². The van der Waals surface area contributed by atoms with Crippen LogP contribution in [0.15, 0.2) is 55.0 Å². The van der Waals surface area contributed by atoms with Crippen LogP contribution in [-0.4, -0.2) is 32.8 Å². The van der Waals surface area contributed by atoms with Crippen molar-refractivity contribution >= 4 is 22.5 Å². The molecule has 7 heteroatoms. The molecule has 1 unspecified atom stereocenters. The number of carbonyl (C=O) groups excluding carboxylic acids is 1. The van der Waals surface area contributed by atoms with Crippen molar-refractivity contribution in [2.45, 2.75) is 12.3 Å². The summed E-state index contributed by atoms with van der Waals surface area (Å²) in [5.41, 5.74) is 3.72. The Bertz CT molecular complexity index is 1140. The van der Waals surface area contributed by atoms with E-state index in [1.54, 1.807) is 19.5 Å². The molecule has 0 fully saturated rings. The third-order valence-corrected chi connectivity index (χ3v) is 4.98. The monoisotopic (exact) mass is 359 g/mol. The zero-order chi connectivity index (χ0) is 18.4. The van der Waals surface area contributed by atoms with Crippen LogP contribution in [0.25, 0.3) is 16.6 Å². The van der Waals surface area contributed by atoms with Crippen LogP contribution in [0.1, 0.15) is 23.7 Å². The standard InChI is InChI=1S/C20H17N5O2/c1-27-14-4-2-13(3-5-14)25-7-6-21-20(25)16-9-19(26)23-18-10-17-12(8-15(16)18)11-22-24-17/h2-8,10-11,16H,9H2,1H3,(H,22,24)(H,23,26). The Kier molecular flexibility index (Phi) is 3.46. The second kappa shape index (κ2) is 5.98. The molecule has 1 aliphatic rings. The van der Waals surface area contributed by atoms with E-state index in [1.807, 2.05) is 41.1 Å². The van der Waals surface area contributed by atoms with Crippen molar-refractivity contribution in [3.63, 3.8) is 0 Å². The highest BCUT2D eigenvalue weighted by molar-refractivity contribution is 5.98. The highest BCUT2D eigenvalue weighted by Crippen LogP contribution is 2.39. The molecular formula is C20H17N5O2. The summed E-state index contributed by atoms with van der Waals surface area (Å²) in [6.45, 7) is 0. The van der Waals surface area contributed by atoms with Gasteiger partial charge in [0.25, 0.3) is 0 Å². The summed E-state index contributed by atoms with van der Waals surface area (Å²) in [5, 5.41) is 11.0. The van der Waals surface area contributed by atoms with Crippen LogP contribution in [0.2, 0.25) is 0 Å². The van der Waals surface area contributed by atoms with E-state index in [9.17, 15) is 4.79 Å². The predicted molar refractivity (Wildman–Crippen MR) is 101 cm³/mol. The molecule has 7 nitrogen and oxygen atoms in total. The number of anilines is 1. The maximum absolute atomic E-state index is 12.3. The van der Waals surface area contributed by atoms with Crippen molar-refractivity contribution < 1.29 is 9.53 Å². The van der Waals surface area contributed by atoms with Crippen LogP contribution in [0, 0.1) is 0 Å². The highest BCUT2D eigenvalue weighted by Gasteiger charge is 2.30. The molecule has 5 rings (SSSR count). The minimum absolute atomic E-state index is 0.0179. The van der Waals surface area contributed by atoms with Gasteiger partial charge in [-0.2, -0.15) is 5.10 Å². The van der Waals surface area contributed by atoms with Crippen LogP contribution in [0.5, 0.6) is 5.75 Å². The number of hydrogen-bond acceptors (Lipinski definition) is 4. The fraction of sp³-hybridized carbons (Fsp3) is 0.150. The fourth-order valence-corrected chi connectivity index (χ4v) is 3.67. The van der Waals surface area contributed by atoms with Gasteiger partial charge >= 0.3 is 0 Å². The van der Waals surface area contributed by atoms with Crippen molar-refractivity contribution in [2.24, 2.45) is 0 Å². The minimum atomic E-state index is -0.134. The average molecular weight is 359 g/mol. The first-order valence-electron chi connectivity index (χ1n) is 8.67. The second-order valence-electron chi connectivity index (χ2n) is 6.56. The molecule has 1 amide bonds. The van der Waals surface area contributed by atoms with Gasteiger partial charge in [-0.05, 0) is 42.0 Å². The summed E-state index contributed by atoms with van der Waals surface area (Å²) in [6.07, 6.45) is 5.82. The van der Waals surface area contributed by atoms with E-state index in [1.165, 1.54) is 0 Å². The smallest absolute Gasteiger partial charge is 0.225 e. The van der Waals surface area contributed by atoms with E-state index in [-0.39, 0.29) is 11.8 Å². The lowest BCUT2D eigenvalue weighted by Crippen LogP contribution is -2.25. The Balaban J connectivity index is 1.63. The fourth-order valence-electron chi connectivity index (χ4n) is 3.67. The second-order valence-corrected chi connectivity index (χ2v) is 6.56. The molecule has 2 aromatic carbocycles. The third kappa shape index (κ3) is 2.55. The van der Waals surface area contributed by atoms with Gasteiger partial charge in [0.2, 0.25) is 5.91 Å². The molecule has 0 bridgehead atoms. The molecule has 0 spiro atoms. The summed E-state index contributed by atoms with van der Waals surface area (Å²) < 4.78 is 7.26. The number of carbonyl (C=O) groups is 1. The molecular weight excluding hydrogens is 342 g/mol. The Hall–Kier alpha value is -3.61. The molecule has 0 radical (unpaired) electrons. The predicted octanol–water partition coefficient (Wildman–Crippen LogP) is 3.23. The number of aromatic amines is 1. The number of imidazole rings is 1. The van der Waals surface area contributed by atoms with Crippen molar-refractivity contribution in [1.29, 1.82) is 0 Å². The van der Waals surface area contributed by atoms with Crippen LogP contribution in [-0.2, 0) is 4.79 Å². The lowest BCUT2D eigenvalue weighted by Gasteiger charge is -2.26. The minimum Gasteiger partial charge on any atom is -0.497 e. The number of fused-ring (bicyclic) bond motifs is 2. The van der Waals surface area contributed by atoms with Crippen molar-refractivity contribution in [3.8, 4) is 11.4 Å². The quantitative estimate of drug-likeness (QED) is 0.588. The van der Waals surface area contributed by atoms with Crippen LogP contribution >= 0.6 is 0 Å². The Morgan fingerprint density at radius 2 is 2.07 bits per heavy atom. The number of nitrogens with one attached hydrogen (secondary N) is 2. The number of amides is 1. The molecule has 2 N–H and O–H groups in total. The maximum atomic E-state index is 12.3. The number of benzene rings is 2. The van der Waals surface area contributed by atoms with E-state index in [2.05, 4.69) is 26.6 Å². The molecule has 2 aromatic heterocycles.